The van der Waals surface area contributed by atoms with Crippen molar-refractivity contribution in [2.45, 2.75) is 25.6 Å². The van der Waals surface area contributed by atoms with E-state index in [2.05, 4.69) is 27.7 Å². The molecule has 2 amide bonds. The van der Waals surface area contributed by atoms with Crippen molar-refractivity contribution in [3.63, 3.8) is 0 Å². The van der Waals surface area contributed by atoms with E-state index in [0.29, 0.717) is 26.2 Å². The minimum atomic E-state index is -0.496. The molecule has 0 aromatic heterocycles. The molecule has 1 saturated heterocycles. The monoisotopic (exact) mass is 381 g/mol. The zero-order valence-electron chi connectivity index (χ0n) is 16.0. The first-order chi connectivity index (χ1) is 13.7. The van der Waals surface area contributed by atoms with Crippen molar-refractivity contribution in [1.29, 1.82) is 0 Å². The fraction of sp³-hybridized carbons (Fsp3) is 0.364. The third-order valence-electron chi connectivity index (χ3n) is 4.68. The number of nitrogens with zero attached hydrogens (tertiary/aromatic N) is 1. The summed E-state index contributed by atoms with van der Waals surface area (Å²) in [5.74, 6) is -0.243. The molecule has 1 aliphatic rings. The van der Waals surface area contributed by atoms with Gasteiger partial charge in [-0.2, -0.15) is 0 Å². The summed E-state index contributed by atoms with van der Waals surface area (Å²) < 4.78 is 5.62. The van der Waals surface area contributed by atoms with Crippen LogP contribution >= 0.6 is 0 Å². The Hall–Kier alpha value is -2.70. The minimum Gasteiger partial charge on any atom is -0.366 e. The maximum absolute atomic E-state index is 12.4. The SMILES string of the molecule is O=C(CCNC(=O)C1CN(Cc2ccccc2)CCO1)NCc1ccccc1. The maximum Gasteiger partial charge on any atom is 0.250 e. The van der Waals surface area contributed by atoms with Gasteiger partial charge in [0.2, 0.25) is 11.8 Å². The fourth-order valence-electron chi connectivity index (χ4n) is 3.14. The molecule has 0 spiro atoms. The van der Waals surface area contributed by atoms with E-state index in [1.54, 1.807) is 0 Å². The first-order valence-electron chi connectivity index (χ1n) is 9.67. The van der Waals surface area contributed by atoms with Gasteiger partial charge in [0, 0.05) is 39.1 Å². The normalized spacial score (nSPS) is 17.1. The highest BCUT2D eigenvalue weighted by Gasteiger charge is 2.26. The van der Waals surface area contributed by atoms with Crippen LogP contribution in [0.25, 0.3) is 0 Å². The number of carbonyl (C=O) groups is 2. The Morgan fingerprint density at radius 1 is 0.964 bits per heavy atom. The highest BCUT2D eigenvalue weighted by molar-refractivity contribution is 5.82. The Labute approximate surface area is 165 Å². The van der Waals surface area contributed by atoms with Crippen molar-refractivity contribution in [2.24, 2.45) is 0 Å². The standard InChI is InChI=1S/C22H27N3O3/c26-21(24-15-18-7-3-1-4-8-18)11-12-23-22(27)20-17-25(13-14-28-20)16-19-9-5-2-6-10-19/h1-10,20H,11-17H2,(H,23,27)(H,24,26). The molecule has 148 valence electrons. The third kappa shape index (κ3) is 6.48. The molecule has 0 aliphatic carbocycles. The average molecular weight is 381 g/mol. The lowest BCUT2D eigenvalue weighted by atomic mass is 10.2. The van der Waals surface area contributed by atoms with Crippen LogP contribution in [0.1, 0.15) is 17.5 Å². The van der Waals surface area contributed by atoms with Crippen molar-refractivity contribution in [3.8, 4) is 0 Å². The Morgan fingerprint density at radius 3 is 2.36 bits per heavy atom. The van der Waals surface area contributed by atoms with Gasteiger partial charge in [0.05, 0.1) is 6.61 Å². The van der Waals surface area contributed by atoms with Gasteiger partial charge in [-0.1, -0.05) is 60.7 Å². The molecule has 2 aromatic carbocycles. The second-order valence-electron chi connectivity index (χ2n) is 6.88. The number of amides is 2. The highest BCUT2D eigenvalue weighted by Crippen LogP contribution is 2.10. The number of carbonyl (C=O) groups excluding carboxylic acids is 2. The molecule has 1 fully saturated rings. The van der Waals surface area contributed by atoms with Crippen molar-refractivity contribution >= 4 is 11.8 Å². The van der Waals surface area contributed by atoms with E-state index in [1.165, 1.54) is 5.56 Å². The predicted octanol–water partition coefficient (Wildman–Crippen LogP) is 1.71. The third-order valence-corrected chi connectivity index (χ3v) is 4.68. The van der Waals surface area contributed by atoms with Crippen LogP contribution in [0.3, 0.4) is 0 Å². The lowest BCUT2D eigenvalue weighted by Gasteiger charge is -2.32. The van der Waals surface area contributed by atoms with Crippen LogP contribution in [0.15, 0.2) is 60.7 Å². The molecule has 1 unspecified atom stereocenters. The fourth-order valence-corrected chi connectivity index (χ4v) is 3.14. The molecule has 1 aliphatic heterocycles. The lowest BCUT2D eigenvalue weighted by Crippen LogP contribution is -2.49. The molecule has 6 nitrogen and oxygen atoms in total. The Morgan fingerprint density at radius 2 is 1.64 bits per heavy atom. The summed E-state index contributed by atoms with van der Waals surface area (Å²) in [4.78, 5) is 26.5. The average Bonchev–Trinajstić information content (AvgIpc) is 2.74. The van der Waals surface area contributed by atoms with Gasteiger partial charge in [0.15, 0.2) is 0 Å². The zero-order chi connectivity index (χ0) is 19.6. The van der Waals surface area contributed by atoms with Gasteiger partial charge in [0.25, 0.3) is 0 Å². The van der Waals surface area contributed by atoms with E-state index < -0.39 is 6.10 Å². The van der Waals surface area contributed by atoms with Crippen LogP contribution in [-0.4, -0.2) is 49.1 Å². The minimum absolute atomic E-state index is 0.0839. The second-order valence-corrected chi connectivity index (χ2v) is 6.88. The van der Waals surface area contributed by atoms with E-state index in [1.807, 2.05) is 48.5 Å². The number of ether oxygens (including phenoxy) is 1. The van der Waals surface area contributed by atoms with Gasteiger partial charge >= 0.3 is 0 Å². The van der Waals surface area contributed by atoms with Gasteiger partial charge in [-0.05, 0) is 11.1 Å². The van der Waals surface area contributed by atoms with Crippen molar-refractivity contribution < 1.29 is 14.3 Å². The van der Waals surface area contributed by atoms with E-state index >= 15 is 0 Å². The molecular weight excluding hydrogens is 354 g/mol. The lowest BCUT2D eigenvalue weighted by molar-refractivity contribution is -0.138. The van der Waals surface area contributed by atoms with E-state index in [4.69, 9.17) is 4.74 Å². The summed E-state index contributed by atoms with van der Waals surface area (Å²) in [7, 11) is 0. The second kappa shape index (κ2) is 10.6. The number of morpholine rings is 1. The first kappa shape index (κ1) is 20.0. The van der Waals surface area contributed by atoms with Gasteiger partial charge in [0.1, 0.15) is 6.10 Å². The van der Waals surface area contributed by atoms with Gasteiger partial charge in [-0.25, -0.2) is 0 Å². The Kier molecular flexibility index (Phi) is 7.58. The van der Waals surface area contributed by atoms with E-state index in [9.17, 15) is 9.59 Å². The number of rotatable bonds is 8. The highest BCUT2D eigenvalue weighted by atomic mass is 16.5. The largest absolute Gasteiger partial charge is 0.366 e. The predicted molar refractivity (Wildman–Crippen MR) is 107 cm³/mol. The molecule has 3 rings (SSSR count). The van der Waals surface area contributed by atoms with Crippen LogP contribution in [0.5, 0.6) is 0 Å². The van der Waals surface area contributed by atoms with Crippen molar-refractivity contribution in [2.75, 3.05) is 26.2 Å². The number of hydrogen-bond donors (Lipinski definition) is 2. The molecule has 1 atom stereocenters. The molecule has 28 heavy (non-hydrogen) atoms. The van der Waals surface area contributed by atoms with Gasteiger partial charge < -0.3 is 15.4 Å². The molecule has 2 aromatic rings. The summed E-state index contributed by atoms with van der Waals surface area (Å²) >= 11 is 0. The summed E-state index contributed by atoms with van der Waals surface area (Å²) in [6.07, 6.45) is -0.246. The Balaban J connectivity index is 1.35. The van der Waals surface area contributed by atoms with Crippen molar-refractivity contribution in [3.05, 3.63) is 71.8 Å². The van der Waals surface area contributed by atoms with E-state index in [0.717, 1.165) is 18.7 Å². The molecule has 2 N–H and O–H groups in total. The van der Waals surface area contributed by atoms with Crippen LogP contribution < -0.4 is 10.6 Å². The number of nitrogens with one attached hydrogen (secondary N) is 2. The van der Waals surface area contributed by atoms with Crippen LogP contribution in [0, 0.1) is 0 Å². The van der Waals surface area contributed by atoms with Crippen LogP contribution in [0.2, 0.25) is 0 Å². The molecule has 0 bridgehead atoms. The summed E-state index contributed by atoms with van der Waals surface area (Å²) in [5, 5.41) is 5.67. The van der Waals surface area contributed by atoms with Crippen LogP contribution in [0.4, 0.5) is 0 Å². The molecular formula is C22H27N3O3. The number of benzene rings is 2. The quantitative estimate of drug-likeness (QED) is 0.730. The maximum atomic E-state index is 12.4. The number of hydrogen-bond acceptors (Lipinski definition) is 4. The van der Waals surface area contributed by atoms with Crippen LogP contribution in [-0.2, 0) is 27.4 Å². The van der Waals surface area contributed by atoms with Crippen molar-refractivity contribution in [1.82, 2.24) is 15.5 Å². The first-order valence-corrected chi connectivity index (χ1v) is 9.67. The van der Waals surface area contributed by atoms with Gasteiger partial charge in [-0.15, -0.1) is 0 Å². The topological polar surface area (TPSA) is 70.7 Å². The molecule has 1 heterocycles. The summed E-state index contributed by atoms with van der Waals surface area (Å²) in [6, 6.07) is 19.9. The molecule has 0 radical (unpaired) electrons. The smallest absolute Gasteiger partial charge is 0.250 e. The van der Waals surface area contributed by atoms with E-state index in [-0.39, 0.29) is 18.2 Å². The molecule has 6 heteroatoms. The summed E-state index contributed by atoms with van der Waals surface area (Å²) in [5.41, 5.74) is 2.27. The zero-order valence-corrected chi connectivity index (χ0v) is 16.0. The summed E-state index contributed by atoms with van der Waals surface area (Å²) in [6.45, 7) is 3.49. The van der Waals surface area contributed by atoms with Gasteiger partial charge in [-0.3, -0.25) is 14.5 Å². The Bertz CT molecular complexity index is 752. The molecule has 0 saturated carbocycles.